The molecule has 5 aromatic heterocycles. The van der Waals surface area contributed by atoms with Crippen molar-refractivity contribution in [1.82, 2.24) is 33.9 Å². The van der Waals surface area contributed by atoms with Gasteiger partial charge in [-0.25, -0.2) is 9.78 Å². The summed E-state index contributed by atoms with van der Waals surface area (Å²) >= 11 is 0. The number of hydrogen-bond donors (Lipinski definition) is 1. The first kappa shape index (κ1) is 23.5. The molecule has 39 heavy (non-hydrogen) atoms. The van der Waals surface area contributed by atoms with E-state index in [9.17, 15) is 4.79 Å². The summed E-state index contributed by atoms with van der Waals surface area (Å²) in [6.45, 7) is 0.648. The van der Waals surface area contributed by atoms with Crippen molar-refractivity contribution in [1.29, 1.82) is 0 Å². The van der Waals surface area contributed by atoms with Gasteiger partial charge < -0.3 is 9.72 Å². The Bertz CT molecular complexity index is 1860. The van der Waals surface area contributed by atoms with Crippen molar-refractivity contribution in [2.45, 2.75) is 38.3 Å². The largest absolute Gasteiger partial charge is 0.501 e. The Hall–Kier alpha value is -4.66. The fourth-order valence-electron chi connectivity index (χ4n) is 5.91. The van der Waals surface area contributed by atoms with Crippen molar-refractivity contribution in [2.24, 2.45) is 7.05 Å². The Morgan fingerprint density at radius 1 is 1.15 bits per heavy atom. The molecule has 196 valence electrons. The van der Waals surface area contributed by atoms with E-state index in [0.717, 1.165) is 75.9 Å². The molecule has 9 heteroatoms. The molecule has 0 radical (unpaired) electrons. The van der Waals surface area contributed by atoms with Crippen molar-refractivity contribution in [3.8, 4) is 11.3 Å². The zero-order valence-corrected chi connectivity index (χ0v) is 22.0. The molecule has 1 N–H and O–H groups in total. The molecule has 5 heterocycles. The Morgan fingerprint density at radius 3 is 2.77 bits per heavy atom. The van der Waals surface area contributed by atoms with E-state index in [0.29, 0.717) is 6.54 Å². The molecule has 0 aliphatic heterocycles. The minimum absolute atomic E-state index is 0.0195. The second kappa shape index (κ2) is 9.27. The number of pyridine rings is 2. The summed E-state index contributed by atoms with van der Waals surface area (Å²) in [4.78, 5) is 26.1. The van der Waals surface area contributed by atoms with Crippen molar-refractivity contribution >= 4 is 27.6 Å². The molecule has 1 atom stereocenters. The number of rotatable bonds is 6. The van der Waals surface area contributed by atoms with E-state index in [1.807, 2.05) is 46.9 Å². The summed E-state index contributed by atoms with van der Waals surface area (Å²) < 4.78 is 11.1. The van der Waals surface area contributed by atoms with Gasteiger partial charge in [0.05, 0.1) is 60.0 Å². The van der Waals surface area contributed by atoms with Crippen LogP contribution in [0.4, 0.5) is 0 Å². The molecule has 0 aromatic carbocycles. The lowest BCUT2D eigenvalue weighted by Crippen LogP contribution is -2.24. The van der Waals surface area contributed by atoms with E-state index in [1.54, 1.807) is 24.1 Å². The third kappa shape index (κ3) is 3.84. The number of aromatic nitrogens is 7. The highest BCUT2D eigenvalue weighted by Crippen LogP contribution is 2.42. The number of aryl methyl sites for hydroxylation is 1. The van der Waals surface area contributed by atoms with Crippen LogP contribution in [0.1, 0.15) is 42.9 Å². The number of H-pyrrole nitrogens is 1. The van der Waals surface area contributed by atoms with Crippen molar-refractivity contribution in [3.63, 3.8) is 0 Å². The standard InChI is InChI=1S/C30H29N7O2/c1-35-24-16-32-29-26(28(24)37(30(35)38)22-5-3-4-6-22)25(20-7-9-23(39-2)10-8-20)27(34-29)21-15-33-36(18-21)17-19-11-13-31-14-12-19/h3,5,7,9,11-16,18,22H,4,6,8,10,17H2,1-2H3,(H,32,34). The number of allylic oxidation sites excluding steroid dienone is 6. The molecule has 0 fully saturated rings. The molecule has 0 saturated carbocycles. The molecule has 1 unspecified atom stereocenters. The van der Waals surface area contributed by atoms with Gasteiger partial charge in [0, 0.05) is 43.2 Å². The van der Waals surface area contributed by atoms with Gasteiger partial charge in [0.1, 0.15) is 5.65 Å². The SMILES string of the molecule is COC1=CC=C(c2c(-c3cnn(Cc4ccncc4)c3)[nH]c3ncc4c(c23)n(C2C=CCC2)c(=O)n4C)CC1. The molecular formula is C30H29N7O2. The summed E-state index contributed by atoms with van der Waals surface area (Å²) in [6.07, 6.45) is 21.4. The highest BCUT2D eigenvalue weighted by atomic mass is 16.5. The van der Waals surface area contributed by atoms with Crippen LogP contribution in [0.3, 0.4) is 0 Å². The summed E-state index contributed by atoms with van der Waals surface area (Å²) in [5.74, 6) is 0.960. The average Bonchev–Trinajstić information content (AvgIpc) is 3.76. The maximum atomic E-state index is 13.5. The van der Waals surface area contributed by atoms with E-state index < -0.39 is 0 Å². The zero-order chi connectivity index (χ0) is 26.5. The van der Waals surface area contributed by atoms with Gasteiger partial charge in [-0.15, -0.1) is 0 Å². The Morgan fingerprint density at radius 2 is 2.03 bits per heavy atom. The van der Waals surface area contributed by atoms with Crippen LogP contribution in [-0.4, -0.2) is 41.0 Å². The van der Waals surface area contributed by atoms with Crippen LogP contribution in [0, 0.1) is 0 Å². The second-order valence-corrected chi connectivity index (χ2v) is 10.2. The summed E-state index contributed by atoms with van der Waals surface area (Å²) in [6, 6.07) is 4.02. The molecule has 9 nitrogen and oxygen atoms in total. The topological polar surface area (TPSA) is 95.6 Å². The fraction of sp³-hybridized carbons (Fsp3) is 0.267. The number of ether oxygens (including phenoxy) is 1. The van der Waals surface area contributed by atoms with Crippen LogP contribution in [0.2, 0.25) is 0 Å². The number of fused-ring (bicyclic) bond motifs is 3. The van der Waals surface area contributed by atoms with Crippen molar-refractivity contribution in [2.75, 3.05) is 7.11 Å². The minimum Gasteiger partial charge on any atom is -0.501 e. The van der Waals surface area contributed by atoms with Crippen LogP contribution in [0.25, 0.3) is 38.9 Å². The molecule has 2 aliphatic rings. The van der Waals surface area contributed by atoms with Crippen molar-refractivity contribution in [3.05, 3.63) is 94.8 Å². The predicted octanol–water partition coefficient (Wildman–Crippen LogP) is 5.12. The monoisotopic (exact) mass is 519 g/mol. The molecule has 2 aliphatic carbocycles. The smallest absolute Gasteiger partial charge is 0.329 e. The van der Waals surface area contributed by atoms with Crippen LogP contribution in [0.5, 0.6) is 0 Å². The quantitative estimate of drug-likeness (QED) is 0.314. The minimum atomic E-state index is -0.0195. The van der Waals surface area contributed by atoms with Crippen LogP contribution < -0.4 is 5.69 Å². The normalized spacial score (nSPS) is 17.2. The number of imidazole rings is 1. The van der Waals surface area contributed by atoms with Crippen LogP contribution in [-0.2, 0) is 18.3 Å². The highest BCUT2D eigenvalue weighted by molar-refractivity contribution is 6.11. The third-order valence-electron chi connectivity index (χ3n) is 7.90. The van der Waals surface area contributed by atoms with Gasteiger partial charge in [0.2, 0.25) is 0 Å². The third-order valence-corrected chi connectivity index (χ3v) is 7.90. The van der Waals surface area contributed by atoms with Gasteiger partial charge in [0.25, 0.3) is 0 Å². The molecule has 0 bridgehead atoms. The number of nitrogens with zero attached hydrogens (tertiary/aromatic N) is 6. The average molecular weight is 520 g/mol. The maximum absolute atomic E-state index is 13.5. The van der Waals surface area contributed by atoms with Gasteiger partial charge in [-0.05, 0) is 48.6 Å². The second-order valence-electron chi connectivity index (χ2n) is 10.2. The van der Waals surface area contributed by atoms with Crippen LogP contribution in [0.15, 0.2) is 78.0 Å². The number of nitrogens with one attached hydrogen (secondary N) is 1. The van der Waals surface area contributed by atoms with E-state index in [-0.39, 0.29) is 11.7 Å². The lowest BCUT2D eigenvalue weighted by molar-refractivity contribution is 0.277. The van der Waals surface area contributed by atoms with Gasteiger partial charge in [-0.1, -0.05) is 18.2 Å². The Labute approximate surface area is 224 Å². The van der Waals surface area contributed by atoms with Gasteiger partial charge in [0.15, 0.2) is 0 Å². The zero-order valence-electron chi connectivity index (χ0n) is 22.0. The summed E-state index contributed by atoms with van der Waals surface area (Å²) in [5, 5.41) is 5.64. The molecular weight excluding hydrogens is 490 g/mol. The Kier molecular flexibility index (Phi) is 5.57. The summed E-state index contributed by atoms with van der Waals surface area (Å²) in [5.41, 5.74) is 7.80. The first-order valence-corrected chi connectivity index (χ1v) is 13.3. The number of methoxy groups -OCH3 is 1. The highest BCUT2D eigenvalue weighted by Gasteiger charge is 2.27. The molecule has 0 amide bonds. The molecule has 7 rings (SSSR count). The van der Waals surface area contributed by atoms with E-state index in [1.165, 1.54) is 5.57 Å². The fourth-order valence-corrected chi connectivity index (χ4v) is 5.91. The van der Waals surface area contributed by atoms with E-state index in [4.69, 9.17) is 9.72 Å². The van der Waals surface area contributed by atoms with Gasteiger partial charge in [-0.2, -0.15) is 5.10 Å². The number of aromatic amines is 1. The van der Waals surface area contributed by atoms with Gasteiger partial charge >= 0.3 is 5.69 Å². The van der Waals surface area contributed by atoms with Crippen molar-refractivity contribution < 1.29 is 4.74 Å². The van der Waals surface area contributed by atoms with Gasteiger partial charge in [-0.3, -0.25) is 18.8 Å². The Balaban J connectivity index is 1.48. The summed E-state index contributed by atoms with van der Waals surface area (Å²) in [7, 11) is 3.54. The lowest BCUT2D eigenvalue weighted by Gasteiger charge is -2.16. The predicted molar refractivity (Wildman–Crippen MR) is 151 cm³/mol. The first-order chi connectivity index (χ1) is 19.1. The number of hydrogen-bond acceptors (Lipinski definition) is 5. The first-order valence-electron chi connectivity index (χ1n) is 13.3. The maximum Gasteiger partial charge on any atom is 0.329 e. The van der Waals surface area contributed by atoms with E-state index >= 15 is 0 Å². The molecule has 5 aromatic rings. The van der Waals surface area contributed by atoms with E-state index in [2.05, 4.69) is 39.5 Å². The molecule has 0 saturated heterocycles. The van der Waals surface area contributed by atoms with Crippen LogP contribution >= 0.6 is 0 Å². The molecule has 0 spiro atoms. The lowest BCUT2D eigenvalue weighted by atomic mass is 9.92.